The number of rotatable bonds is 12. The molecule has 1 fully saturated rings. The van der Waals surface area contributed by atoms with Crippen LogP contribution in [0.2, 0.25) is 0 Å². The van der Waals surface area contributed by atoms with Crippen molar-refractivity contribution in [3.8, 4) is 0 Å². The lowest BCUT2D eigenvalue weighted by Crippen LogP contribution is -2.41. The molecule has 0 radical (unpaired) electrons. The highest BCUT2D eigenvalue weighted by atomic mass is 32.2. The number of aliphatic hydroxyl groups is 2. The van der Waals surface area contributed by atoms with Gasteiger partial charge in [-0.25, -0.2) is 0 Å². The molecule has 0 saturated carbocycles. The number of aliphatic carboxylic acids is 1. The molecule has 0 bridgehead atoms. The number of esters is 1. The summed E-state index contributed by atoms with van der Waals surface area (Å²) in [6, 6.07) is -1.06. The minimum absolute atomic E-state index is 0.00746. The Morgan fingerprint density at radius 2 is 1.88 bits per heavy atom. The number of carboxylic acids is 1. The number of thioether (sulfide) groups is 1. The van der Waals surface area contributed by atoms with E-state index in [4.69, 9.17) is 20.3 Å². The highest BCUT2D eigenvalue weighted by molar-refractivity contribution is 8.00. The lowest BCUT2D eigenvalue weighted by Gasteiger charge is -2.32. The highest BCUT2D eigenvalue weighted by Crippen LogP contribution is 2.29. The van der Waals surface area contributed by atoms with Crippen molar-refractivity contribution in [1.82, 2.24) is 5.32 Å². The topological polar surface area (TPSA) is 203 Å². The van der Waals surface area contributed by atoms with E-state index in [1.807, 2.05) is 6.08 Å². The van der Waals surface area contributed by atoms with Gasteiger partial charge in [-0.05, 0) is 37.7 Å². The van der Waals surface area contributed by atoms with Crippen molar-refractivity contribution < 1.29 is 48.8 Å². The van der Waals surface area contributed by atoms with Gasteiger partial charge >= 0.3 is 11.9 Å². The first-order valence-electron chi connectivity index (χ1n) is 14.6. The quantitative estimate of drug-likeness (QED) is 0.119. The van der Waals surface area contributed by atoms with Gasteiger partial charge < -0.3 is 30.5 Å². The summed E-state index contributed by atoms with van der Waals surface area (Å²) in [5.74, 6) is -4.19. The van der Waals surface area contributed by atoms with Crippen LogP contribution in [-0.2, 0) is 33.4 Å². The van der Waals surface area contributed by atoms with Gasteiger partial charge in [0.1, 0.15) is 24.0 Å². The number of Topliss-reactive ketones (excluding diaryl/α,β-unsaturated/α-hetero) is 1. The van der Waals surface area contributed by atoms with Crippen LogP contribution in [0, 0.1) is 17.8 Å². The monoisotopic (exact) mass is 626 g/mol. The first-order chi connectivity index (χ1) is 20.2. The van der Waals surface area contributed by atoms with Crippen LogP contribution >= 0.6 is 11.8 Å². The van der Waals surface area contributed by atoms with E-state index in [2.05, 4.69) is 5.32 Å². The summed E-state index contributed by atoms with van der Waals surface area (Å²) in [5, 5.41) is 32.7. The van der Waals surface area contributed by atoms with E-state index in [1.54, 1.807) is 32.9 Å². The molecule has 0 spiro atoms. The molecule has 2 rings (SSSR count). The van der Waals surface area contributed by atoms with E-state index in [9.17, 15) is 34.2 Å². The summed E-state index contributed by atoms with van der Waals surface area (Å²) >= 11 is 1.29. The number of methoxy groups -OCH3 is 1. The average molecular weight is 627 g/mol. The zero-order valence-electron chi connectivity index (χ0n) is 25.3. The molecule has 0 aromatic heterocycles. The Kier molecular flexibility index (Phi) is 15.0. The van der Waals surface area contributed by atoms with Gasteiger partial charge in [-0.2, -0.15) is 11.8 Å². The molecule has 1 saturated heterocycles. The van der Waals surface area contributed by atoms with Crippen LogP contribution in [0.5, 0.6) is 0 Å². The molecule has 242 valence electrons. The van der Waals surface area contributed by atoms with Crippen molar-refractivity contribution in [1.29, 1.82) is 0 Å². The number of carboxylic acid groups (broad SMARTS) is 1. The summed E-state index contributed by atoms with van der Waals surface area (Å²) in [6.45, 7) is 5.09. The molecule has 7 unspecified atom stereocenters. The van der Waals surface area contributed by atoms with Gasteiger partial charge in [0, 0.05) is 49.2 Å². The minimum Gasteiger partial charge on any atom is -0.480 e. The molecule has 2 aliphatic heterocycles. The second kappa shape index (κ2) is 17.6. The van der Waals surface area contributed by atoms with Crippen LogP contribution in [0.3, 0.4) is 0 Å². The standard InChI is InChI=1S/C30H46N2O10S/c1-16(23(34)13-20(33)10-19-11-25(35)32-26(36)12-19)9-17(2)29-18(3)28(38)24(41-4)8-6-5-7-21(14-27(37)42-29)43-15-22(31)30(39)40/h6,8-9,16,18-22,24,28-29,33,38H,5,7,10-15,31H2,1-4H3,(H,39,40)(H,32,35,36)/b8-6-,17-9+/t16?,18?,20?,21?,22-,24?,28?,29?/m0/s1. The third-order valence-corrected chi connectivity index (χ3v) is 9.25. The third-order valence-electron chi connectivity index (χ3n) is 7.83. The van der Waals surface area contributed by atoms with Crippen molar-refractivity contribution in [2.24, 2.45) is 23.5 Å². The number of cyclic esters (lactones) is 1. The first-order valence-corrected chi connectivity index (χ1v) is 15.6. The van der Waals surface area contributed by atoms with E-state index in [0.717, 1.165) is 0 Å². The summed E-state index contributed by atoms with van der Waals surface area (Å²) in [7, 11) is 1.47. The molecular formula is C30H46N2O10S. The minimum atomic E-state index is -1.12. The molecule has 12 nitrogen and oxygen atoms in total. The van der Waals surface area contributed by atoms with Crippen LogP contribution < -0.4 is 11.1 Å². The van der Waals surface area contributed by atoms with Gasteiger partial charge in [0.15, 0.2) is 0 Å². The SMILES string of the molecule is COC1/C=C\CCC(SC[C@H](N)C(=O)O)CC(=O)OC(/C(C)=C/C(C)C(=O)CC(O)CC2CC(=O)NC(=O)C2)C(C)C1O. The second-order valence-corrected chi connectivity index (χ2v) is 12.9. The smallest absolute Gasteiger partial charge is 0.321 e. The second-order valence-electron chi connectivity index (χ2n) is 11.6. The summed E-state index contributed by atoms with van der Waals surface area (Å²) in [5.41, 5.74) is 6.19. The van der Waals surface area contributed by atoms with E-state index < -0.39 is 66.0 Å². The largest absolute Gasteiger partial charge is 0.480 e. The number of carbonyl (C=O) groups is 5. The molecule has 0 aromatic rings. The first kappa shape index (κ1) is 36.6. The average Bonchev–Trinajstić information content (AvgIpc) is 2.92. The molecule has 13 heteroatoms. The zero-order valence-corrected chi connectivity index (χ0v) is 26.1. The van der Waals surface area contributed by atoms with Crippen LogP contribution in [0.15, 0.2) is 23.8 Å². The molecule has 2 heterocycles. The van der Waals surface area contributed by atoms with Gasteiger partial charge in [-0.15, -0.1) is 0 Å². The fraction of sp³-hybridized carbons (Fsp3) is 0.700. The van der Waals surface area contributed by atoms with Gasteiger partial charge in [0.05, 0.1) is 18.6 Å². The Bertz CT molecular complexity index is 1050. The van der Waals surface area contributed by atoms with Crippen molar-refractivity contribution in [2.75, 3.05) is 12.9 Å². The van der Waals surface area contributed by atoms with E-state index in [-0.39, 0.29) is 54.8 Å². The zero-order chi connectivity index (χ0) is 32.3. The van der Waals surface area contributed by atoms with Gasteiger partial charge in [-0.1, -0.05) is 32.1 Å². The third kappa shape index (κ3) is 12.1. The number of hydrogen-bond acceptors (Lipinski definition) is 11. The number of carbonyl (C=O) groups excluding carboxylic acids is 4. The summed E-state index contributed by atoms with van der Waals surface area (Å²) in [6.07, 6.45) is 2.96. The number of allylic oxidation sites excluding steroid dienone is 2. The molecule has 2 aliphatic rings. The normalized spacial score (nSPS) is 29.3. The van der Waals surface area contributed by atoms with Crippen LogP contribution in [0.1, 0.15) is 65.7 Å². The predicted molar refractivity (Wildman–Crippen MR) is 160 cm³/mol. The Morgan fingerprint density at radius 3 is 2.49 bits per heavy atom. The maximum absolute atomic E-state index is 13.1. The highest BCUT2D eigenvalue weighted by Gasteiger charge is 2.35. The van der Waals surface area contributed by atoms with Crippen molar-refractivity contribution in [2.45, 2.75) is 101 Å². The summed E-state index contributed by atoms with van der Waals surface area (Å²) in [4.78, 5) is 60.5. The number of ketones is 1. The maximum atomic E-state index is 13.1. The van der Waals surface area contributed by atoms with Gasteiger partial charge in [-0.3, -0.25) is 29.3 Å². The maximum Gasteiger partial charge on any atom is 0.321 e. The Balaban J connectivity index is 2.17. The molecule has 0 aromatic carbocycles. The van der Waals surface area contributed by atoms with Gasteiger partial charge in [0.25, 0.3) is 0 Å². The fourth-order valence-electron chi connectivity index (χ4n) is 5.36. The lowest BCUT2D eigenvalue weighted by molar-refractivity contribution is -0.153. The molecule has 8 atom stereocenters. The number of nitrogens with one attached hydrogen (secondary N) is 1. The molecule has 6 N–H and O–H groups in total. The van der Waals surface area contributed by atoms with Crippen molar-refractivity contribution in [3.05, 3.63) is 23.8 Å². The van der Waals surface area contributed by atoms with Crippen LogP contribution in [-0.4, -0.2) is 93.4 Å². The van der Waals surface area contributed by atoms with E-state index in [1.165, 1.54) is 18.9 Å². The van der Waals surface area contributed by atoms with Crippen LogP contribution in [0.4, 0.5) is 0 Å². The molecule has 43 heavy (non-hydrogen) atoms. The number of amides is 2. The summed E-state index contributed by atoms with van der Waals surface area (Å²) < 4.78 is 11.4. The number of ether oxygens (including phenoxy) is 2. The number of imide groups is 1. The molecule has 2 amide bonds. The Morgan fingerprint density at radius 1 is 1.23 bits per heavy atom. The Labute approximate surface area is 256 Å². The number of aliphatic hydroxyl groups excluding tert-OH is 2. The van der Waals surface area contributed by atoms with E-state index >= 15 is 0 Å². The lowest BCUT2D eigenvalue weighted by atomic mass is 9.86. The van der Waals surface area contributed by atoms with Gasteiger partial charge in [0.2, 0.25) is 11.8 Å². The fourth-order valence-corrected chi connectivity index (χ4v) is 6.54. The van der Waals surface area contributed by atoms with Crippen molar-refractivity contribution >= 4 is 41.3 Å². The number of hydrogen-bond donors (Lipinski definition) is 5. The van der Waals surface area contributed by atoms with Crippen molar-refractivity contribution in [3.63, 3.8) is 0 Å². The predicted octanol–water partition coefficient (Wildman–Crippen LogP) is 1.51. The van der Waals surface area contributed by atoms with E-state index in [0.29, 0.717) is 18.4 Å². The molecular weight excluding hydrogens is 580 g/mol. The Hall–Kier alpha value is -2.58. The van der Waals surface area contributed by atoms with Crippen LogP contribution in [0.25, 0.3) is 0 Å². The number of nitrogens with two attached hydrogens (primary N) is 1. The number of piperidine rings is 1. The molecule has 0 aliphatic carbocycles.